The Hall–Kier alpha value is -1.01. The predicted molar refractivity (Wildman–Crippen MR) is 52.1 cm³/mol. The highest BCUT2D eigenvalue weighted by Gasteiger charge is 2.26. The van der Waals surface area contributed by atoms with Gasteiger partial charge in [-0.25, -0.2) is 0 Å². The number of carbonyl (C=O) groups is 1. The molecule has 0 bridgehead atoms. The first kappa shape index (κ1) is 12.0. The zero-order chi connectivity index (χ0) is 10.3. The summed E-state index contributed by atoms with van der Waals surface area (Å²) in [4.78, 5) is 10.6. The first-order valence-electron chi connectivity index (χ1n) is 4.46. The summed E-state index contributed by atoms with van der Waals surface area (Å²) in [6.45, 7) is 1.54. The number of unbranched alkanes of at least 4 members (excludes halogenated alkanes) is 3. The van der Waals surface area contributed by atoms with Crippen LogP contribution >= 0.6 is 0 Å². The molecule has 0 aliphatic rings. The van der Waals surface area contributed by atoms with Crippen molar-refractivity contribution >= 4 is 5.97 Å². The number of hydrogen-bond donors (Lipinski definition) is 2. The molecule has 0 radical (unpaired) electrons. The van der Waals surface area contributed by atoms with E-state index < -0.39 is 11.5 Å². The third kappa shape index (κ3) is 5.26. The first-order chi connectivity index (χ1) is 6.00. The highest BCUT2D eigenvalue weighted by molar-refractivity contribution is 5.77. The molecule has 0 saturated carbocycles. The summed E-state index contributed by atoms with van der Waals surface area (Å²) >= 11 is 0. The maximum atomic E-state index is 10.6. The van der Waals surface area contributed by atoms with Crippen molar-refractivity contribution in [2.45, 2.75) is 44.6 Å². The van der Waals surface area contributed by atoms with E-state index in [1.54, 1.807) is 0 Å². The largest absolute Gasteiger partial charge is 0.480 e. The van der Waals surface area contributed by atoms with Gasteiger partial charge in [-0.1, -0.05) is 12.8 Å². The second-order valence-corrected chi connectivity index (χ2v) is 3.49. The summed E-state index contributed by atoms with van der Waals surface area (Å²) in [5.41, 5.74) is 4.45. The van der Waals surface area contributed by atoms with Crippen LogP contribution < -0.4 is 5.73 Å². The topological polar surface area (TPSA) is 63.3 Å². The second-order valence-electron chi connectivity index (χ2n) is 3.49. The van der Waals surface area contributed by atoms with Gasteiger partial charge >= 0.3 is 5.97 Å². The van der Waals surface area contributed by atoms with E-state index in [4.69, 9.17) is 17.3 Å². The highest BCUT2D eigenvalue weighted by atomic mass is 16.4. The monoisotopic (exact) mass is 183 g/mol. The molecule has 0 aromatic heterocycles. The molecule has 3 nitrogen and oxygen atoms in total. The molecule has 3 heteroatoms. The van der Waals surface area contributed by atoms with Crippen LogP contribution in [0.3, 0.4) is 0 Å². The van der Waals surface area contributed by atoms with Crippen molar-refractivity contribution in [3.63, 3.8) is 0 Å². The third-order valence-corrected chi connectivity index (χ3v) is 2.01. The summed E-state index contributed by atoms with van der Waals surface area (Å²) in [5, 5.41) is 8.69. The molecule has 0 amide bonds. The lowest BCUT2D eigenvalue weighted by Crippen LogP contribution is -2.44. The van der Waals surface area contributed by atoms with Crippen LogP contribution in [0.25, 0.3) is 0 Å². The Balaban J connectivity index is 3.53. The van der Waals surface area contributed by atoms with Gasteiger partial charge in [0.25, 0.3) is 0 Å². The van der Waals surface area contributed by atoms with E-state index in [1.165, 1.54) is 6.92 Å². The standard InChI is InChI=1S/C10H17NO2/c1-3-4-5-6-7-8-10(2,11)9(12)13/h1H,4-8,11H2,2H3,(H,12,13)/t10-/m0/s1. The lowest BCUT2D eigenvalue weighted by Gasteiger charge is -2.18. The van der Waals surface area contributed by atoms with Crippen molar-refractivity contribution in [2.24, 2.45) is 5.73 Å². The molecule has 0 fully saturated rings. The van der Waals surface area contributed by atoms with Crippen molar-refractivity contribution in [1.29, 1.82) is 0 Å². The van der Waals surface area contributed by atoms with Gasteiger partial charge in [-0.15, -0.1) is 12.3 Å². The predicted octanol–water partition coefficient (Wildman–Crippen LogP) is 1.37. The molecular formula is C10H17NO2. The molecule has 74 valence electrons. The van der Waals surface area contributed by atoms with Crippen molar-refractivity contribution in [1.82, 2.24) is 0 Å². The molecule has 0 saturated heterocycles. The number of aliphatic carboxylic acids is 1. The molecule has 0 aliphatic heterocycles. The molecule has 0 aromatic rings. The van der Waals surface area contributed by atoms with E-state index in [0.29, 0.717) is 6.42 Å². The summed E-state index contributed by atoms with van der Waals surface area (Å²) in [5.74, 6) is 1.60. The summed E-state index contributed by atoms with van der Waals surface area (Å²) in [6.07, 6.45) is 9.06. The zero-order valence-electron chi connectivity index (χ0n) is 8.05. The Kier molecular flexibility index (Phi) is 5.17. The number of terminal acetylenes is 1. The number of hydrogen-bond acceptors (Lipinski definition) is 2. The van der Waals surface area contributed by atoms with Crippen LogP contribution in [0, 0.1) is 12.3 Å². The van der Waals surface area contributed by atoms with Crippen molar-refractivity contribution < 1.29 is 9.90 Å². The van der Waals surface area contributed by atoms with E-state index >= 15 is 0 Å². The quantitative estimate of drug-likeness (QED) is 0.483. The lowest BCUT2D eigenvalue weighted by atomic mass is 9.96. The zero-order valence-corrected chi connectivity index (χ0v) is 8.05. The highest BCUT2D eigenvalue weighted by Crippen LogP contribution is 2.12. The Bertz CT molecular complexity index is 203. The van der Waals surface area contributed by atoms with Crippen molar-refractivity contribution in [3.8, 4) is 12.3 Å². The Morgan fingerprint density at radius 1 is 1.54 bits per heavy atom. The van der Waals surface area contributed by atoms with Gasteiger partial charge in [-0.05, 0) is 19.8 Å². The Labute approximate surface area is 79.3 Å². The fourth-order valence-electron chi connectivity index (χ4n) is 1.00. The van der Waals surface area contributed by atoms with Gasteiger partial charge in [0.2, 0.25) is 0 Å². The minimum Gasteiger partial charge on any atom is -0.480 e. The van der Waals surface area contributed by atoms with Gasteiger partial charge in [0.15, 0.2) is 0 Å². The Morgan fingerprint density at radius 2 is 2.15 bits per heavy atom. The molecule has 0 aliphatic carbocycles. The van der Waals surface area contributed by atoms with Gasteiger partial charge in [0.1, 0.15) is 5.54 Å². The minimum atomic E-state index is -1.09. The Morgan fingerprint density at radius 3 is 2.62 bits per heavy atom. The summed E-state index contributed by atoms with van der Waals surface area (Å²) in [6, 6.07) is 0. The fourth-order valence-corrected chi connectivity index (χ4v) is 1.00. The average Bonchev–Trinajstić information content (AvgIpc) is 2.03. The molecule has 3 N–H and O–H groups in total. The molecule has 0 unspecified atom stereocenters. The molecule has 0 spiro atoms. The first-order valence-corrected chi connectivity index (χ1v) is 4.46. The van der Waals surface area contributed by atoms with Crippen LogP contribution in [0.2, 0.25) is 0 Å². The number of rotatable bonds is 6. The van der Waals surface area contributed by atoms with E-state index in [2.05, 4.69) is 5.92 Å². The van der Waals surface area contributed by atoms with Crippen LogP contribution in [0.15, 0.2) is 0 Å². The van der Waals surface area contributed by atoms with E-state index in [0.717, 1.165) is 25.7 Å². The number of nitrogens with two attached hydrogens (primary N) is 1. The van der Waals surface area contributed by atoms with Crippen LogP contribution in [-0.4, -0.2) is 16.6 Å². The lowest BCUT2D eigenvalue weighted by molar-refractivity contribution is -0.142. The van der Waals surface area contributed by atoms with Gasteiger partial charge in [0, 0.05) is 6.42 Å². The van der Waals surface area contributed by atoms with Gasteiger partial charge in [-0.3, -0.25) is 4.79 Å². The van der Waals surface area contributed by atoms with Crippen molar-refractivity contribution in [2.75, 3.05) is 0 Å². The second kappa shape index (κ2) is 5.60. The summed E-state index contributed by atoms with van der Waals surface area (Å²) < 4.78 is 0. The third-order valence-electron chi connectivity index (χ3n) is 2.01. The van der Waals surface area contributed by atoms with E-state index in [9.17, 15) is 4.79 Å². The summed E-state index contributed by atoms with van der Waals surface area (Å²) in [7, 11) is 0. The van der Waals surface area contributed by atoms with Gasteiger partial charge in [0.05, 0.1) is 0 Å². The van der Waals surface area contributed by atoms with Gasteiger partial charge < -0.3 is 10.8 Å². The molecule has 13 heavy (non-hydrogen) atoms. The van der Waals surface area contributed by atoms with Gasteiger partial charge in [-0.2, -0.15) is 0 Å². The van der Waals surface area contributed by atoms with E-state index in [1.807, 2.05) is 0 Å². The van der Waals surface area contributed by atoms with Crippen LogP contribution in [0.4, 0.5) is 0 Å². The molecule has 1 atom stereocenters. The minimum absolute atomic E-state index is 0.507. The maximum absolute atomic E-state index is 10.6. The number of carboxylic acid groups (broad SMARTS) is 1. The smallest absolute Gasteiger partial charge is 0.323 e. The molecule has 0 aromatic carbocycles. The molecule has 0 rings (SSSR count). The SMILES string of the molecule is C#CCCCCC[C@](C)(N)C(=O)O. The average molecular weight is 183 g/mol. The number of carboxylic acids is 1. The van der Waals surface area contributed by atoms with Crippen LogP contribution in [0.5, 0.6) is 0 Å². The van der Waals surface area contributed by atoms with Crippen LogP contribution in [-0.2, 0) is 4.79 Å². The van der Waals surface area contributed by atoms with Crippen molar-refractivity contribution in [3.05, 3.63) is 0 Å². The maximum Gasteiger partial charge on any atom is 0.323 e. The fraction of sp³-hybridized carbons (Fsp3) is 0.700. The normalized spacial score (nSPS) is 14.5. The molecular weight excluding hydrogens is 166 g/mol. The molecule has 0 heterocycles. The van der Waals surface area contributed by atoms with E-state index in [-0.39, 0.29) is 0 Å². The van der Waals surface area contributed by atoms with Crippen LogP contribution in [0.1, 0.15) is 39.0 Å².